The van der Waals surface area contributed by atoms with Gasteiger partial charge in [-0.1, -0.05) is 18.2 Å². The summed E-state index contributed by atoms with van der Waals surface area (Å²) in [5, 5.41) is 7.57. The minimum absolute atomic E-state index is 0.233. The molecule has 0 aliphatic rings. The molecule has 0 spiro atoms. The summed E-state index contributed by atoms with van der Waals surface area (Å²) >= 11 is 0. The second-order valence-electron chi connectivity index (χ2n) is 4.47. The van der Waals surface area contributed by atoms with Crippen LogP contribution in [0.4, 0.5) is 11.5 Å². The third-order valence-corrected chi connectivity index (χ3v) is 2.94. The van der Waals surface area contributed by atoms with Crippen molar-refractivity contribution in [2.24, 2.45) is 7.05 Å². The Kier molecular flexibility index (Phi) is 2.83. The fourth-order valence-corrected chi connectivity index (χ4v) is 2.07. The molecule has 3 aromatic rings. The van der Waals surface area contributed by atoms with E-state index < -0.39 is 0 Å². The van der Waals surface area contributed by atoms with Crippen LogP contribution in [-0.2, 0) is 7.05 Å². The number of fused-ring (bicyclic) bond motifs is 1. The van der Waals surface area contributed by atoms with Crippen LogP contribution < -0.4 is 11.1 Å². The van der Waals surface area contributed by atoms with Crippen molar-refractivity contribution in [1.82, 2.24) is 14.8 Å². The summed E-state index contributed by atoms with van der Waals surface area (Å²) in [7, 11) is 1.79. The zero-order valence-electron chi connectivity index (χ0n) is 10.9. The fraction of sp³-hybridized carbons (Fsp3) is 0.0714. The Morgan fingerprint density at radius 2 is 2.15 bits per heavy atom. The van der Waals surface area contributed by atoms with Crippen molar-refractivity contribution >= 4 is 28.3 Å². The van der Waals surface area contributed by atoms with Crippen molar-refractivity contribution in [1.29, 1.82) is 0 Å². The molecule has 3 rings (SSSR count). The summed E-state index contributed by atoms with van der Waals surface area (Å²) in [6.07, 6.45) is 3.31. The molecule has 0 fully saturated rings. The zero-order chi connectivity index (χ0) is 14.1. The van der Waals surface area contributed by atoms with Gasteiger partial charge in [0, 0.05) is 18.6 Å². The molecule has 2 heterocycles. The van der Waals surface area contributed by atoms with Crippen LogP contribution in [0.15, 0.2) is 42.7 Å². The molecule has 20 heavy (non-hydrogen) atoms. The number of hydrogen-bond acceptors (Lipinski definition) is 4. The molecule has 6 heteroatoms. The maximum absolute atomic E-state index is 12.4. The Hall–Kier alpha value is -2.89. The maximum atomic E-state index is 12.4. The Bertz CT molecular complexity index is 793. The molecule has 2 aromatic heterocycles. The number of benzene rings is 1. The lowest BCUT2D eigenvalue weighted by Crippen LogP contribution is -2.13. The number of hydrogen-bond donors (Lipinski definition) is 2. The predicted octanol–water partition coefficient (Wildman–Crippen LogP) is 1.80. The van der Waals surface area contributed by atoms with E-state index in [0.29, 0.717) is 22.6 Å². The average Bonchev–Trinajstić information content (AvgIpc) is 2.83. The van der Waals surface area contributed by atoms with E-state index in [0.717, 1.165) is 5.39 Å². The van der Waals surface area contributed by atoms with Gasteiger partial charge in [-0.25, -0.2) is 4.98 Å². The first-order valence-electron chi connectivity index (χ1n) is 6.09. The minimum atomic E-state index is -0.233. The van der Waals surface area contributed by atoms with E-state index in [9.17, 15) is 4.79 Å². The largest absolute Gasteiger partial charge is 0.384 e. The number of nitrogens with zero attached hydrogens (tertiary/aromatic N) is 3. The standard InChI is InChI=1S/C14H13N5O/c1-19-8-9(7-16-19)17-14(20)11-6-13(15)18-12-5-3-2-4-10(11)12/h2-8H,1H3,(H2,15,18)(H,17,20). The van der Waals surface area contributed by atoms with Crippen molar-refractivity contribution < 1.29 is 4.79 Å². The summed E-state index contributed by atoms with van der Waals surface area (Å²) < 4.78 is 1.62. The molecular weight excluding hydrogens is 254 g/mol. The first kappa shape index (κ1) is 12.2. The van der Waals surface area contributed by atoms with Gasteiger partial charge in [-0.3, -0.25) is 9.48 Å². The highest BCUT2D eigenvalue weighted by Crippen LogP contribution is 2.20. The second-order valence-corrected chi connectivity index (χ2v) is 4.47. The lowest BCUT2D eigenvalue weighted by atomic mass is 10.1. The number of carbonyl (C=O) groups is 1. The lowest BCUT2D eigenvalue weighted by molar-refractivity contribution is 0.102. The van der Waals surface area contributed by atoms with Crippen LogP contribution in [0.2, 0.25) is 0 Å². The molecule has 1 aromatic carbocycles. The SMILES string of the molecule is Cn1cc(NC(=O)c2cc(N)nc3ccccc23)cn1. The molecule has 3 N–H and O–H groups in total. The van der Waals surface area contributed by atoms with E-state index in [1.54, 1.807) is 30.2 Å². The summed E-state index contributed by atoms with van der Waals surface area (Å²) in [6.45, 7) is 0. The van der Waals surface area contributed by atoms with Crippen LogP contribution in [0.5, 0.6) is 0 Å². The van der Waals surface area contributed by atoms with Crippen molar-refractivity contribution in [3.8, 4) is 0 Å². The smallest absolute Gasteiger partial charge is 0.256 e. The highest BCUT2D eigenvalue weighted by atomic mass is 16.1. The first-order valence-corrected chi connectivity index (χ1v) is 6.09. The summed E-state index contributed by atoms with van der Waals surface area (Å²) in [5.41, 5.74) is 7.58. The summed E-state index contributed by atoms with van der Waals surface area (Å²) in [4.78, 5) is 16.6. The topological polar surface area (TPSA) is 85.8 Å². The van der Waals surface area contributed by atoms with Gasteiger partial charge in [0.15, 0.2) is 0 Å². The molecular formula is C14H13N5O. The van der Waals surface area contributed by atoms with E-state index in [2.05, 4.69) is 15.4 Å². The van der Waals surface area contributed by atoms with Crippen LogP contribution in [-0.4, -0.2) is 20.7 Å². The fourth-order valence-electron chi connectivity index (χ4n) is 2.07. The summed E-state index contributed by atoms with van der Waals surface area (Å²) in [6, 6.07) is 8.97. The van der Waals surface area contributed by atoms with Crippen molar-refractivity contribution in [3.63, 3.8) is 0 Å². The van der Waals surface area contributed by atoms with Crippen LogP contribution in [0, 0.1) is 0 Å². The average molecular weight is 267 g/mol. The number of nitrogens with one attached hydrogen (secondary N) is 1. The number of para-hydroxylation sites is 1. The quantitative estimate of drug-likeness (QED) is 0.741. The monoisotopic (exact) mass is 267 g/mol. The van der Waals surface area contributed by atoms with Gasteiger partial charge in [0.2, 0.25) is 0 Å². The van der Waals surface area contributed by atoms with E-state index in [-0.39, 0.29) is 5.91 Å². The van der Waals surface area contributed by atoms with Gasteiger partial charge in [-0.15, -0.1) is 0 Å². The van der Waals surface area contributed by atoms with Crippen LogP contribution in [0.3, 0.4) is 0 Å². The number of amides is 1. The number of pyridine rings is 1. The zero-order valence-corrected chi connectivity index (χ0v) is 10.9. The van der Waals surface area contributed by atoms with Gasteiger partial charge in [-0.2, -0.15) is 5.10 Å². The molecule has 100 valence electrons. The third-order valence-electron chi connectivity index (χ3n) is 2.94. The van der Waals surface area contributed by atoms with E-state index in [1.807, 2.05) is 24.3 Å². The summed E-state index contributed by atoms with van der Waals surface area (Å²) in [5.74, 6) is 0.0864. The second kappa shape index (κ2) is 4.65. The lowest BCUT2D eigenvalue weighted by Gasteiger charge is -2.07. The van der Waals surface area contributed by atoms with E-state index in [1.165, 1.54) is 0 Å². The van der Waals surface area contributed by atoms with E-state index >= 15 is 0 Å². The Morgan fingerprint density at radius 3 is 2.90 bits per heavy atom. The Labute approximate surface area is 115 Å². The number of rotatable bonds is 2. The number of aryl methyl sites for hydroxylation is 1. The number of nitrogens with two attached hydrogens (primary N) is 1. The molecule has 0 aliphatic heterocycles. The number of carbonyl (C=O) groups excluding carboxylic acids is 1. The number of nitrogen functional groups attached to an aromatic ring is 1. The van der Waals surface area contributed by atoms with Crippen molar-refractivity contribution in [3.05, 3.63) is 48.3 Å². The Morgan fingerprint density at radius 1 is 1.35 bits per heavy atom. The van der Waals surface area contributed by atoms with Crippen LogP contribution in [0.1, 0.15) is 10.4 Å². The molecule has 0 radical (unpaired) electrons. The predicted molar refractivity (Wildman–Crippen MR) is 77.3 cm³/mol. The third kappa shape index (κ3) is 2.18. The number of aromatic nitrogens is 3. The van der Waals surface area contributed by atoms with Gasteiger partial charge in [0.05, 0.1) is 23.0 Å². The highest BCUT2D eigenvalue weighted by molar-refractivity contribution is 6.12. The highest BCUT2D eigenvalue weighted by Gasteiger charge is 2.12. The van der Waals surface area contributed by atoms with Gasteiger partial charge >= 0.3 is 0 Å². The molecule has 0 bridgehead atoms. The maximum Gasteiger partial charge on any atom is 0.256 e. The Balaban J connectivity index is 2.02. The van der Waals surface area contributed by atoms with Gasteiger partial charge in [-0.05, 0) is 12.1 Å². The molecule has 0 saturated heterocycles. The van der Waals surface area contributed by atoms with Crippen LogP contribution in [0.25, 0.3) is 10.9 Å². The molecule has 0 aliphatic carbocycles. The molecule has 6 nitrogen and oxygen atoms in total. The molecule has 0 saturated carbocycles. The minimum Gasteiger partial charge on any atom is -0.384 e. The molecule has 0 unspecified atom stereocenters. The number of anilines is 2. The van der Waals surface area contributed by atoms with E-state index in [4.69, 9.17) is 5.73 Å². The van der Waals surface area contributed by atoms with Gasteiger partial charge in [0.1, 0.15) is 5.82 Å². The molecule has 0 atom stereocenters. The van der Waals surface area contributed by atoms with Crippen molar-refractivity contribution in [2.45, 2.75) is 0 Å². The normalized spacial score (nSPS) is 10.7. The van der Waals surface area contributed by atoms with Crippen molar-refractivity contribution in [2.75, 3.05) is 11.1 Å². The first-order chi connectivity index (χ1) is 9.63. The van der Waals surface area contributed by atoms with Gasteiger partial charge in [0.25, 0.3) is 5.91 Å². The van der Waals surface area contributed by atoms with Gasteiger partial charge < -0.3 is 11.1 Å². The molecule has 1 amide bonds. The van der Waals surface area contributed by atoms with Crippen LogP contribution >= 0.6 is 0 Å².